The van der Waals surface area contributed by atoms with Gasteiger partial charge in [0, 0.05) is 12.3 Å². The van der Waals surface area contributed by atoms with Gasteiger partial charge in [0.2, 0.25) is 0 Å². The van der Waals surface area contributed by atoms with Crippen LogP contribution in [0.5, 0.6) is 0 Å². The molecule has 1 N–H and O–H groups in total. The molecule has 2 nitrogen and oxygen atoms in total. The van der Waals surface area contributed by atoms with E-state index in [1.54, 1.807) is 0 Å². The molecule has 0 aromatic heterocycles. The summed E-state index contributed by atoms with van der Waals surface area (Å²) in [5, 5.41) is 11.1. The Labute approximate surface area is 165 Å². The lowest BCUT2D eigenvalue weighted by molar-refractivity contribution is -0.187. The first-order valence-corrected chi connectivity index (χ1v) is 11.4. The lowest BCUT2D eigenvalue weighted by Gasteiger charge is -2.56. The number of rotatable bonds is 1. The van der Waals surface area contributed by atoms with Gasteiger partial charge in [-0.1, -0.05) is 39.0 Å². The van der Waals surface area contributed by atoms with Gasteiger partial charge in [-0.15, -0.1) is 0 Å². The Morgan fingerprint density at radius 2 is 1.93 bits per heavy atom. The maximum Gasteiger partial charge on any atom is 0.173 e. The van der Waals surface area contributed by atoms with E-state index in [-0.39, 0.29) is 5.92 Å². The quantitative estimate of drug-likeness (QED) is 0.598. The summed E-state index contributed by atoms with van der Waals surface area (Å²) in [7, 11) is 0. The zero-order valence-electron chi connectivity index (χ0n) is 17.8. The summed E-state index contributed by atoms with van der Waals surface area (Å²) in [6.45, 7) is 14.8. The molecular formula is C25H38O2. The fraction of sp³-hybridized carbons (Fsp3) is 0.840. The van der Waals surface area contributed by atoms with Crippen LogP contribution >= 0.6 is 0 Å². The highest BCUT2D eigenvalue weighted by molar-refractivity contribution is 5.25. The van der Waals surface area contributed by atoms with Gasteiger partial charge < -0.3 is 9.84 Å². The first-order chi connectivity index (χ1) is 12.7. The molecule has 0 aromatic rings. The highest BCUT2D eigenvalue weighted by atomic mass is 16.6. The molecule has 0 bridgehead atoms. The number of ether oxygens (including phenoxy) is 1. The molecule has 1 heterocycles. The van der Waals surface area contributed by atoms with Crippen molar-refractivity contribution in [2.24, 2.45) is 46.3 Å². The zero-order valence-corrected chi connectivity index (χ0v) is 17.8. The van der Waals surface area contributed by atoms with Crippen molar-refractivity contribution in [1.82, 2.24) is 0 Å². The largest absolute Gasteiger partial charge is 0.365 e. The fourth-order valence-electron chi connectivity index (χ4n) is 8.54. The summed E-state index contributed by atoms with van der Waals surface area (Å²) in [4.78, 5) is 0. The molecule has 0 amide bonds. The highest BCUT2D eigenvalue weighted by Crippen LogP contribution is 2.67. The highest BCUT2D eigenvalue weighted by Gasteiger charge is 2.62. The van der Waals surface area contributed by atoms with Gasteiger partial charge in [0.15, 0.2) is 5.79 Å². The van der Waals surface area contributed by atoms with E-state index in [9.17, 15) is 5.11 Å². The minimum absolute atomic E-state index is 0.249. The van der Waals surface area contributed by atoms with Crippen LogP contribution < -0.4 is 0 Å². The van der Waals surface area contributed by atoms with Crippen LogP contribution in [0, 0.1) is 46.3 Å². The van der Waals surface area contributed by atoms with Crippen LogP contribution in [0.15, 0.2) is 23.8 Å². The van der Waals surface area contributed by atoms with Crippen molar-refractivity contribution in [1.29, 1.82) is 0 Å². The van der Waals surface area contributed by atoms with Crippen molar-refractivity contribution in [3.05, 3.63) is 23.8 Å². The van der Waals surface area contributed by atoms with Gasteiger partial charge in [0.25, 0.3) is 0 Å². The molecule has 4 fully saturated rings. The van der Waals surface area contributed by atoms with Gasteiger partial charge in [-0.05, 0) is 91.4 Å². The lowest BCUT2D eigenvalue weighted by Crippen LogP contribution is -2.48. The zero-order chi connectivity index (χ0) is 19.2. The average molecular weight is 371 g/mol. The Kier molecular flexibility index (Phi) is 3.91. The van der Waals surface area contributed by atoms with Crippen molar-refractivity contribution in [2.75, 3.05) is 6.61 Å². The number of aliphatic hydroxyl groups is 1. The normalized spacial score (nSPS) is 56.6. The van der Waals surface area contributed by atoms with Crippen molar-refractivity contribution in [3.63, 3.8) is 0 Å². The minimum atomic E-state index is -0.879. The molecule has 1 aliphatic heterocycles. The van der Waals surface area contributed by atoms with Crippen LogP contribution in [-0.4, -0.2) is 17.5 Å². The summed E-state index contributed by atoms with van der Waals surface area (Å²) < 4.78 is 5.99. The third kappa shape index (κ3) is 2.45. The standard InChI is InChI=1S/C25H38O2/c1-15(2)18-8-9-23(4)10-11-24(5)13-19-16(3)12-25(26)21(19)17(14-27-25)6-7-20(24)22(18)23/h6,16,18-22,26H,1,7-14H2,2-5H3/t16-,18+,19-,20-,21-,22-,23-,24+,25+/m1/s1. The molecule has 0 unspecified atom stereocenters. The molecule has 0 spiro atoms. The van der Waals surface area contributed by atoms with Gasteiger partial charge in [-0.2, -0.15) is 0 Å². The van der Waals surface area contributed by atoms with E-state index in [4.69, 9.17) is 4.74 Å². The topological polar surface area (TPSA) is 29.5 Å². The van der Waals surface area contributed by atoms with Crippen LogP contribution in [0.3, 0.4) is 0 Å². The van der Waals surface area contributed by atoms with Crippen LogP contribution in [0.25, 0.3) is 0 Å². The summed E-state index contributed by atoms with van der Waals surface area (Å²) in [5.74, 6) is 2.72. The second-order valence-electron chi connectivity index (χ2n) is 11.6. The Hall–Kier alpha value is -0.600. The second-order valence-corrected chi connectivity index (χ2v) is 11.6. The molecule has 4 aliphatic carbocycles. The Morgan fingerprint density at radius 1 is 1.19 bits per heavy atom. The van der Waals surface area contributed by atoms with Crippen molar-refractivity contribution in [2.45, 2.75) is 78.4 Å². The van der Waals surface area contributed by atoms with Crippen molar-refractivity contribution in [3.8, 4) is 0 Å². The summed E-state index contributed by atoms with van der Waals surface area (Å²) in [5.41, 5.74) is 3.70. The van der Waals surface area contributed by atoms with Crippen LogP contribution in [-0.2, 0) is 4.74 Å². The van der Waals surface area contributed by atoms with E-state index in [1.165, 1.54) is 49.7 Å². The molecule has 27 heavy (non-hydrogen) atoms. The average Bonchev–Trinajstić information content (AvgIpc) is 3.15. The minimum Gasteiger partial charge on any atom is -0.365 e. The predicted octanol–water partition coefficient (Wildman–Crippen LogP) is 5.72. The third-order valence-corrected chi connectivity index (χ3v) is 9.98. The SMILES string of the molecule is C=C(C)[C@@H]1CC[C@]2(C)CC[C@@]3(C)C[C@@H]4[C@H](C)C[C@]5(O)OCC(=CC[C@@H]3[C@@H]12)[C@H]45. The molecule has 3 saturated carbocycles. The lowest BCUT2D eigenvalue weighted by atomic mass is 9.49. The summed E-state index contributed by atoms with van der Waals surface area (Å²) in [6.07, 6.45) is 11.2. The Balaban J connectivity index is 1.57. The number of hydrogen-bond acceptors (Lipinski definition) is 2. The van der Waals surface area contributed by atoms with E-state index in [0.29, 0.717) is 35.2 Å². The molecular weight excluding hydrogens is 332 g/mol. The van der Waals surface area contributed by atoms with E-state index in [1.807, 2.05) is 0 Å². The first-order valence-electron chi connectivity index (χ1n) is 11.4. The summed E-state index contributed by atoms with van der Waals surface area (Å²) in [6, 6.07) is 0. The first kappa shape index (κ1) is 18.4. The van der Waals surface area contributed by atoms with E-state index in [2.05, 4.69) is 40.3 Å². The maximum absolute atomic E-state index is 11.1. The van der Waals surface area contributed by atoms with Gasteiger partial charge in [-0.25, -0.2) is 0 Å². The smallest absolute Gasteiger partial charge is 0.173 e. The van der Waals surface area contributed by atoms with Crippen LogP contribution in [0.1, 0.15) is 72.6 Å². The van der Waals surface area contributed by atoms with Crippen LogP contribution in [0.2, 0.25) is 0 Å². The number of fused-ring (bicyclic) bond motifs is 3. The van der Waals surface area contributed by atoms with Gasteiger partial charge >= 0.3 is 0 Å². The van der Waals surface area contributed by atoms with Crippen molar-refractivity contribution < 1.29 is 9.84 Å². The van der Waals surface area contributed by atoms with Gasteiger partial charge in [0.05, 0.1) is 6.61 Å². The Morgan fingerprint density at radius 3 is 2.67 bits per heavy atom. The van der Waals surface area contributed by atoms with E-state index in [0.717, 1.165) is 18.3 Å². The van der Waals surface area contributed by atoms with E-state index >= 15 is 0 Å². The molecule has 0 radical (unpaired) electrons. The third-order valence-electron chi connectivity index (χ3n) is 9.98. The van der Waals surface area contributed by atoms with Crippen molar-refractivity contribution >= 4 is 0 Å². The molecule has 1 saturated heterocycles. The molecule has 150 valence electrons. The van der Waals surface area contributed by atoms with Gasteiger partial charge in [-0.3, -0.25) is 0 Å². The van der Waals surface area contributed by atoms with Gasteiger partial charge in [0.1, 0.15) is 0 Å². The number of allylic oxidation sites excluding steroid dienone is 2. The Bertz CT molecular complexity index is 694. The fourth-order valence-corrected chi connectivity index (χ4v) is 8.54. The van der Waals surface area contributed by atoms with Crippen LogP contribution in [0.4, 0.5) is 0 Å². The molecule has 5 rings (SSSR count). The van der Waals surface area contributed by atoms with E-state index < -0.39 is 5.79 Å². The molecule has 5 aliphatic rings. The number of hydrogen-bond donors (Lipinski definition) is 1. The molecule has 9 atom stereocenters. The predicted molar refractivity (Wildman–Crippen MR) is 109 cm³/mol. The maximum atomic E-state index is 11.1. The monoisotopic (exact) mass is 370 g/mol. The molecule has 0 aromatic carbocycles. The summed E-state index contributed by atoms with van der Waals surface area (Å²) >= 11 is 0. The second kappa shape index (κ2) is 5.72. The molecule has 2 heteroatoms.